The zero-order valence-corrected chi connectivity index (χ0v) is 17.7. The molecule has 0 heterocycles. The van der Waals surface area contributed by atoms with Crippen molar-refractivity contribution in [2.24, 2.45) is 0 Å². The molecule has 0 saturated heterocycles. The van der Waals surface area contributed by atoms with Crippen molar-refractivity contribution in [3.8, 4) is 11.1 Å². The van der Waals surface area contributed by atoms with E-state index in [2.05, 4.69) is 12.1 Å². The second kappa shape index (κ2) is 8.86. The van der Waals surface area contributed by atoms with E-state index in [9.17, 15) is 19.6 Å². The van der Waals surface area contributed by atoms with Crippen molar-refractivity contribution in [1.82, 2.24) is 0 Å². The Morgan fingerprint density at radius 3 is 2.12 bits per heavy atom. The number of esters is 1. The Labute approximate surface area is 186 Å². The summed E-state index contributed by atoms with van der Waals surface area (Å²) in [5.41, 5.74) is 4.88. The lowest BCUT2D eigenvalue weighted by Gasteiger charge is -2.21. The van der Waals surface area contributed by atoms with Gasteiger partial charge in [0.1, 0.15) is 6.61 Å². The van der Waals surface area contributed by atoms with Crippen LogP contribution < -0.4 is 10.4 Å². The van der Waals surface area contributed by atoms with Crippen molar-refractivity contribution in [2.45, 2.75) is 5.92 Å². The van der Waals surface area contributed by atoms with Gasteiger partial charge in [-0.05, 0) is 45.9 Å². The summed E-state index contributed by atoms with van der Waals surface area (Å²) in [7, 11) is 0.900. The van der Waals surface area contributed by atoms with Crippen molar-refractivity contribution in [3.63, 3.8) is 0 Å². The summed E-state index contributed by atoms with van der Waals surface area (Å²) >= 11 is 0. The summed E-state index contributed by atoms with van der Waals surface area (Å²) in [6.45, 7) is 0.142. The number of ether oxygens (including phenoxy) is 2. The minimum absolute atomic E-state index is 0.0567. The smallest absolute Gasteiger partial charge is 0.465 e. The van der Waals surface area contributed by atoms with Gasteiger partial charge in [-0.3, -0.25) is 4.90 Å². The Balaban J connectivity index is 1.55. The number of fused-ring (bicyclic) bond motifs is 3. The van der Waals surface area contributed by atoms with E-state index in [4.69, 9.17) is 9.47 Å². The number of amides is 1. The summed E-state index contributed by atoms with van der Waals surface area (Å²) in [6, 6.07) is 20.2. The van der Waals surface area contributed by atoms with Crippen LogP contribution in [0.1, 0.15) is 27.4 Å². The van der Waals surface area contributed by atoms with Gasteiger partial charge in [-0.2, -0.15) is 0 Å². The molecule has 0 aliphatic heterocycles. The van der Waals surface area contributed by atoms with Crippen LogP contribution in [0, 0.1) is 0 Å². The van der Waals surface area contributed by atoms with Gasteiger partial charge in [-0.25, -0.2) is 9.59 Å². The summed E-state index contributed by atoms with van der Waals surface area (Å²) in [5, 5.41) is 19.1. The third-order valence-corrected chi connectivity index (χ3v) is 5.66. The van der Waals surface area contributed by atoms with Crippen molar-refractivity contribution in [2.75, 3.05) is 25.7 Å². The molecule has 1 amide bonds. The number of hydrogen-bond donors (Lipinski definition) is 2. The molecule has 0 fully saturated rings. The molecule has 162 valence electrons. The van der Waals surface area contributed by atoms with Crippen LogP contribution in [0.2, 0.25) is 0 Å². The second-order valence-electron chi connectivity index (χ2n) is 7.54. The summed E-state index contributed by atoms with van der Waals surface area (Å²) in [5.74, 6) is -0.745. The van der Waals surface area contributed by atoms with E-state index in [1.807, 2.05) is 36.4 Å². The molecule has 0 atom stereocenters. The van der Waals surface area contributed by atoms with Gasteiger partial charge < -0.3 is 19.5 Å². The van der Waals surface area contributed by atoms with Gasteiger partial charge in [0.25, 0.3) is 0 Å². The average molecular weight is 431 g/mol. The molecule has 0 saturated carbocycles. The van der Waals surface area contributed by atoms with E-state index < -0.39 is 19.2 Å². The molecule has 1 aliphatic rings. The molecule has 1 aliphatic carbocycles. The lowest BCUT2D eigenvalue weighted by atomic mass is 9.79. The normalized spacial score (nSPS) is 12.0. The Kier molecular flexibility index (Phi) is 5.98. The van der Waals surface area contributed by atoms with Crippen LogP contribution >= 0.6 is 0 Å². The zero-order chi connectivity index (χ0) is 22.8. The maximum atomic E-state index is 12.8. The highest BCUT2D eigenvalue weighted by Gasteiger charge is 2.29. The van der Waals surface area contributed by atoms with E-state index in [1.54, 1.807) is 0 Å². The number of rotatable bonds is 5. The molecule has 3 aromatic carbocycles. The SMILES string of the molecule is COC(=O)c1cc(B(O)O)cc(N(C)C(=O)OCC2c3ccccc3-c3ccccc32)c1. The number of nitrogens with zero attached hydrogens (tertiary/aromatic N) is 1. The van der Waals surface area contributed by atoms with E-state index in [0.29, 0.717) is 0 Å². The maximum absolute atomic E-state index is 12.8. The van der Waals surface area contributed by atoms with Gasteiger partial charge in [0.05, 0.1) is 12.7 Å². The molecular weight excluding hydrogens is 409 g/mol. The van der Waals surface area contributed by atoms with Gasteiger partial charge in [0, 0.05) is 18.7 Å². The predicted octanol–water partition coefficient (Wildman–Crippen LogP) is 2.54. The van der Waals surface area contributed by atoms with E-state index in [0.717, 1.165) is 22.3 Å². The van der Waals surface area contributed by atoms with Gasteiger partial charge in [-0.15, -0.1) is 0 Å². The monoisotopic (exact) mass is 431 g/mol. The number of benzene rings is 3. The third kappa shape index (κ3) is 3.98. The van der Waals surface area contributed by atoms with Gasteiger partial charge in [0.15, 0.2) is 0 Å². The minimum atomic E-state index is -1.81. The predicted molar refractivity (Wildman–Crippen MR) is 121 cm³/mol. The van der Waals surface area contributed by atoms with Crippen LogP contribution in [-0.4, -0.2) is 50.0 Å². The molecule has 0 aromatic heterocycles. The van der Waals surface area contributed by atoms with Crippen LogP contribution in [0.15, 0.2) is 66.7 Å². The third-order valence-electron chi connectivity index (χ3n) is 5.66. The molecule has 0 radical (unpaired) electrons. The Hall–Kier alpha value is -3.62. The summed E-state index contributed by atoms with van der Waals surface area (Å²) in [4.78, 5) is 26.0. The Bertz CT molecular complexity index is 1130. The van der Waals surface area contributed by atoms with Crippen molar-refractivity contribution in [3.05, 3.63) is 83.4 Å². The van der Waals surface area contributed by atoms with Crippen molar-refractivity contribution < 1.29 is 29.1 Å². The largest absolute Gasteiger partial charge is 0.488 e. The molecule has 2 N–H and O–H groups in total. The van der Waals surface area contributed by atoms with Crippen molar-refractivity contribution in [1.29, 1.82) is 0 Å². The Morgan fingerprint density at radius 1 is 0.969 bits per heavy atom. The molecule has 0 spiro atoms. The Morgan fingerprint density at radius 2 is 1.56 bits per heavy atom. The summed E-state index contributed by atoms with van der Waals surface area (Å²) < 4.78 is 10.3. The first-order valence-electron chi connectivity index (χ1n) is 10.1. The molecule has 3 aromatic rings. The zero-order valence-electron chi connectivity index (χ0n) is 17.7. The fourth-order valence-electron chi connectivity index (χ4n) is 4.01. The van der Waals surface area contributed by atoms with Gasteiger partial charge in [0.2, 0.25) is 0 Å². The highest BCUT2D eigenvalue weighted by atomic mass is 16.6. The first-order valence-corrected chi connectivity index (χ1v) is 10.1. The van der Waals surface area contributed by atoms with Crippen LogP contribution in [0.4, 0.5) is 10.5 Å². The number of methoxy groups -OCH3 is 1. The van der Waals surface area contributed by atoms with Crippen LogP contribution in [0.5, 0.6) is 0 Å². The highest BCUT2D eigenvalue weighted by molar-refractivity contribution is 6.58. The van der Waals surface area contributed by atoms with Gasteiger partial charge >= 0.3 is 19.2 Å². The van der Waals surface area contributed by atoms with E-state index in [1.165, 1.54) is 37.3 Å². The number of carbonyl (C=O) groups excluding carboxylic acids is 2. The van der Waals surface area contributed by atoms with E-state index >= 15 is 0 Å². The van der Waals surface area contributed by atoms with E-state index in [-0.39, 0.29) is 29.2 Å². The average Bonchev–Trinajstić information content (AvgIpc) is 3.14. The molecule has 7 nitrogen and oxygen atoms in total. The molecule has 0 bridgehead atoms. The first kappa shape index (κ1) is 21.6. The molecule has 32 heavy (non-hydrogen) atoms. The number of carbonyl (C=O) groups is 2. The lowest BCUT2D eigenvalue weighted by Crippen LogP contribution is -2.34. The highest BCUT2D eigenvalue weighted by Crippen LogP contribution is 2.44. The standard InChI is InChI=1S/C24H22BNO6/c1-26(17-12-15(23(27)31-2)11-16(13-17)25(29)30)24(28)32-14-22-20-9-5-3-7-18(20)19-8-4-6-10-21(19)22/h3-13,22,29-30H,14H2,1-2H3. The molecule has 8 heteroatoms. The molecular formula is C24H22BNO6. The minimum Gasteiger partial charge on any atom is -0.465 e. The number of anilines is 1. The fraction of sp³-hybridized carbons (Fsp3) is 0.167. The van der Waals surface area contributed by atoms with Crippen LogP contribution in [0.3, 0.4) is 0 Å². The second-order valence-corrected chi connectivity index (χ2v) is 7.54. The van der Waals surface area contributed by atoms with Gasteiger partial charge in [-0.1, -0.05) is 48.5 Å². The maximum Gasteiger partial charge on any atom is 0.488 e. The summed E-state index contributed by atoms with van der Waals surface area (Å²) in [6.07, 6.45) is -0.632. The first-order chi connectivity index (χ1) is 15.4. The molecule has 0 unspecified atom stereocenters. The lowest BCUT2D eigenvalue weighted by molar-refractivity contribution is 0.0600. The van der Waals surface area contributed by atoms with Crippen LogP contribution in [-0.2, 0) is 9.47 Å². The number of hydrogen-bond acceptors (Lipinski definition) is 6. The molecule has 4 rings (SSSR count). The topological polar surface area (TPSA) is 96.3 Å². The van der Waals surface area contributed by atoms with Crippen molar-refractivity contribution >= 4 is 30.3 Å². The fourth-order valence-corrected chi connectivity index (χ4v) is 4.01. The van der Waals surface area contributed by atoms with Crippen LogP contribution in [0.25, 0.3) is 11.1 Å². The quantitative estimate of drug-likeness (QED) is 0.476.